The zero-order valence-electron chi connectivity index (χ0n) is 13.5. The van der Waals surface area contributed by atoms with Gasteiger partial charge in [0.2, 0.25) is 5.90 Å². The van der Waals surface area contributed by atoms with E-state index in [-0.39, 0.29) is 10.8 Å². The number of hydrogen-bond acceptors (Lipinski definition) is 3. The molecule has 0 atom stereocenters. The molecule has 0 N–H and O–H groups in total. The van der Waals surface area contributed by atoms with Crippen LogP contribution >= 0.6 is 15.9 Å². The maximum atomic E-state index is 12.5. The Morgan fingerprint density at radius 1 is 1.08 bits per heavy atom. The number of ether oxygens (including phenoxy) is 1. The fourth-order valence-corrected chi connectivity index (χ4v) is 3.22. The summed E-state index contributed by atoms with van der Waals surface area (Å²) in [6.07, 6.45) is 1.12. The summed E-state index contributed by atoms with van der Waals surface area (Å²) in [6.45, 7) is 2.32. The maximum Gasteiger partial charge on any atom is 0.285 e. The van der Waals surface area contributed by atoms with Crippen molar-refractivity contribution in [1.82, 2.24) is 0 Å². The Morgan fingerprint density at radius 2 is 1.75 bits per heavy atom. The zero-order valence-corrected chi connectivity index (χ0v) is 15.9. The van der Waals surface area contributed by atoms with E-state index in [9.17, 15) is 8.42 Å². The van der Waals surface area contributed by atoms with Gasteiger partial charge in [0.05, 0.1) is 11.5 Å². The van der Waals surface area contributed by atoms with E-state index in [1.54, 1.807) is 24.3 Å². The van der Waals surface area contributed by atoms with Gasteiger partial charge in [0.25, 0.3) is 10.0 Å². The molecular weight excluding hydrogens is 390 g/mol. The Balaban J connectivity index is 2.26. The minimum Gasteiger partial charge on any atom is -0.480 e. The largest absolute Gasteiger partial charge is 0.480 e. The first-order chi connectivity index (χ1) is 11.5. The van der Waals surface area contributed by atoms with Crippen molar-refractivity contribution in [2.45, 2.75) is 24.7 Å². The van der Waals surface area contributed by atoms with E-state index >= 15 is 0 Å². The lowest BCUT2D eigenvalue weighted by atomic mass is 10.1. The van der Waals surface area contributed by atoms with Crippen LogP contribution in [0.3, 0.4) is 0 Å². The molecule has 0 aromatic heterocycles. The molecule has 2 aromatic carbocycles. The average molecular weight is 410 g/mol. The highest BCUT2D eigenvalue weighted by atomic mass is 79.9. The van der Waals surface area contributed by atoms with E-state index in [2.05, 4.69) is 20.3 Å². The number of halogens is 1. The SMILES string of the molecule is Cc1ccc(S(=O)(=O)/N=C(/Cc2ccccc2)OCCCBr)cc1. The zero-order chi connectivity index (χ0) is 17.4. The molecular formula is C18H20BrNO3S. The second kappa shape index (κ2) is 8.99. The van der Waals surface area contributed by atoms with Crippen LogP contribution in [0.1, 0.15) is 17.5 Å². The van der Waals surface area contributed by atoms with Gasteiger partial charge >= 0.3 is 0 Å². The molecule has 0 heterocycles. The van der Waals surface area contributed by atoms with E-state index in [1.807, 2.05) is 37.3 Å². The summed E-state index contributed by atoms with van der Waals surface area (Å²) in [4.78, 5) is 0.169. The van der Waals surface area contributed by atoms with Crippen LogP contribution in [-0.4, -0.2) is 26.3 Å². The van der Waals surface area contributed by atoms with E-state index in [1.165, 1.54) is 0 Å². The lowest BCUT2D eigenvalue weighted by Gasteiger charge is -2.09. The summed E-state index contributed by atoms with van der Waals surface area (Å²) in [5.74, 6) is 0.211. The maximum absolute atomic E-state index is 12.5. The molecule has 0 amide bonds. The van der Waals surface area contributed by atoms with Crippen molar-refractivity contribution < 1.29 is 13.2 Å². The third-order valence-electron chi connectivity index (χ3n) is 3.29. The fourth-order valence-electron chi connectivity index (χ4n) is 2.02. The molecule has 0 fully saturated rings. The van der Waals surface area contributed by atoms with Crippen molar-refractivity contribution in [3.05, 3.63) is 65.7 Å². The predicted molar refractivity (Wildman–Crippen MR) is 100 cm³/mol. The molecule has 0 saturated carbocycles. The summed E-state index contributed by atoms with van der Waals surface area (Å²) < 4.78 is 34.5. The Bertz CT molecular complexity index is 772. The first kappa shape index (κ1) is 18.7. The summed E-state index contributed by atoms with van der Waals surface area (Å²) in [7, 11) is -3.78. The van der Waals surface area contributed by atoms with Gasteiger partial charge in [0.1, 0.15) is 0 Å². The van der Waals surface area contributed by atoms with Gasteiger partial charge in [-0.3, -0.25) is 0 Å². The smallest absolute Gasteiger partial charge is 0.285 e. The highest BCUT2D eigenvalue weighted by Crippen LogP contribution is 2.15. The number of alkyl halides is 1. The van der Waals surface area contributed by atoms with E-state index in [0.717, 1.165) is 22.9 Å². The highest BCUT2D eigenvalue weighted by molar-refractivity contribution is 9.09. The molecule has 0 spiro atoms. The normalized spacial score (nSPS) is 12.2. The van der Waals surface area contributed by atoms with Gasteiger partial charge in [-0.2, -0.15) is 8.42 Å². The van der Waals surface area contributed by atoms with Crippen molar-refractivity contribution in [1.29, 1.82) is 0 Å². The van der Waals surface area contributed by atoms with Crippen molar-refractivity contribution in [3.63, 3.8) is 0 Å². The van der Waals surface area contributed by atoms with Gasteiger partial charge in [-0.25, -0.2) is 0 Å². The van der Waals surface area contributed by atoms with E-state index in [4.69, 9.17) is 4.74 Å². The number of rotatable bonds is 7. The van der Waals surface area contributed by atoms with Crippen molar-refractivity contribution in [2.24, 2.45) is 4.40 Å². The highest BCUT2D eigenvalue weighted by Gasteiger charge is 2.15. The average Bonchev–Trinajstić information content (AvgIpc) is 2.56. The molecule has 24 heavy (non-hydrogen) atoms. The van der Waals surface area contributed by atoms with Crippen LogP contribution in [-0.2, 0) is 21.2 Å². The van der Waals surface area contributed by atoms with Gasteiger partial charge in [0.15, 0.2) is 0 Å². The second-order valence-corrected chi connectivity index (χ2v) is 7.72. The topological polar surface area (TPSA) is 55.7 Å². The summed E-state index contributed by atoms with van der Waals surface area (Å²) in [5, 5.41) is 0.788. The Kier molecular flexibility index (Phi) is 6.99. The molecule has 0 aliphatic carbocycles. The van der Waals surface area contributed by atoms with Gasteiger partial charge in [-0.15, -0.1) is 4.40 Å². The van der Waals surface area contributed by atoms with Gasteiger partial charge in [-0.05, 0) is 31.0 Å². The lowest BCUT2D eigenvalue weighted by Crippen LogP contribution is -2.13. The molecule has 0 bridgehead atoms. The van der Waals surface area contributed by atoms with Crippen molar-refractivity contribution in [2.75, 3.05) is 11.9 Å². The van der Waals surface area contributed by atoms with Crippen LogP contribution in [0.15, 0.2) is 63.9 Å². The molecule has 128 valence electrons. The molecule has 6 heteroatoms. The molecule has 0 aliphatic heterocycles. The molecule has 0 radical (unpaired) electrons. The van der Waals surface area contributed by atoms with Crippen LogP contribution in [0.2, 0.25) is 0 Å². The number of sulfonamides is 1. The Hall–Kier alpha value is -1.66. The third kappa shape index (κ3) is 5.76. The van der Waals surface area contributed by atoms with Crippen LogP contribution in [0.25, 0.3) is 0 Å². The summed E-state index contributed by atoms with van der Waals surface area (Å²) >= 11 is 3.33. The van der Waals surface area contributed by atoms with Gasteiger partial charge < -0.3 is 4.74 Å². The first-order valence-corrected chi connectivity index (χ1v) is 10.2. The fraction of sp³-hybridized carbons (Fsp3) is 0.278. The van der Waals surface area contributed by atoms with Crippen molar-refractivity contribution in [3.8, 4) is 0 Å². The van der Waals surface area contributed by atoms with Crippen LogP contribution in [0, 0.1) is 6.92 Å². The van der Waals surface area contributed by atoms with Crippen LogP contribution < -0.4 is 0 Å². The number of hydrogen-bond donors (Lipinski definition) is 0. The number of aryl methyl sites for hydroxylation is 1. The van der Waals surface area contributed by atoms with Crippen LogP contribution in [0.5, 0.6) is 0 Å². The van der Waals surface area contributed by atoms with E-state index in [0.29, 0.717) is 13.0 Å². The minimum absolute atomic E-state index is 0.169. The standard InChI is InChI=1S/C18H20BrNO3S/c1-15-8-10-17(11-9-15)24(21,22)20-18(23-13-5-12-19)14-16-6-3-2-4-7-16/h2-4,6-11H,5,12-14H2,1H3/b20-18-. The molecule has 2 rings (SSSR count). The lowest BCUT2D eigenvalue weighted by molar-refractivity contribution is 0.300. The number of nitrogens with zero attached hydrogens (tertiary/aromatic N) is 1. The minimum atomic E-state index is -3.78. The molecule has 0 unspecified atom stereocenters. The summed E-state index contributed by atoms with van der Waals surface area (Å²) in [6, 6.07) is 16.2. The Morgan fingerprint density at radius 3 is 2.38 bits per heavy atom. The quantitative estimate of drug-likeness (QED) is 0.299. The first-order valence-electron chi connectivity index (χ1n) is 7.64. The second-order valence-electron chi connectivity index (χ2n) is 5.33. The number of benzene rings is 2. The van der Waals surface area contributed by atoms with Crippen LogP contribution in [0.4, 0.5) is 0 Å². The van der Waals surface area contributed by atoms with Gasteiger partial charge in [0, 0.05) is 11.8 Å². The molecule has 2 aromatic rings. The molecule has 4 nitrogen and oxygen atoms in total. The molecule has 0 saturated heterocycles. The third-order valence-corrected chi connectivity index (χ3v) is 5.16. The monoisotopic (exact) mass is 409 g/mol. The van der Waals surface area contributed by atoms with Gasteiger partial charge in [-0.1, -0.05) is 64.0 Å². The predicted octanol–water partition coefficient (Wildman–Crippen LogP) is 4.13. The van der Waals surface area contributed by atoms with E-state index < -0.39 is 10.0 Å². The summed E-state index contributed by atoms with van der Waals surface area (Å²) in [5.41, 5.74) is 1.95. The Labute approximate surface area is 151 Å². The van der Waals surface area contributed by atoms with Crippen molar-refractivity contribution >= 4 is 31.9 Å². The molecule has 0 aliphatic rings.